The third kappa shape index (κ3) is 6.09. The number of benzene rings is 2. The third-order valence-corrected chi connectivity index (χ3v) is 6.11. The van der Waals surface area contributed by atoms with Crippen LogP contribution < -0.4 is 5.32 Å². The number of hydrogen-bond donors (Lipinski definition) is 3. The molecule has 0 saturated heterocycles. The smallest absolute Gasteiger partial charge is 0.336 e. The Morgan fingerprint density at radius 2 is 1.74 bits per heavy atom. The maximum atomic E-state index is 11.2. The Morgan fingerprint density at radius 3 is 2.26 bits per heavy atom. The fourth-order valence-corrected chi connectivity index (χ4v) is 4.05. The fraction of sp³-hybridized carbons (Fsp3) is 0.462. The minimum atomic E-state index is -0.939. The van der Waals surface area contributed by atoms with Gasteiger partial charge in [0, 0.05) is 5.69 Å². The van der Waals surface area contributed by atoms with Gasteiger partial charge in [-0.05, 0) is 66.5 Å². The van der Waals surface area contributed by atoms with Crippen molar-refractivity contribution in [2.45, 2.75) is 72.6 Å². The number of carboxylic acid groups (broad SMARTS) is 1. The maximum absolute atomic E-state index is 11.2. The molecule has 0 aliphatic heterocycles. The first kappa shape index (κ1) is 22.9. The number of hydrogen-bond acceptors (Lipinski definition) is 3. The van der Waals surface area contributed by atoms with Crippen molar-refractivity contribution < 1.29 is 9.90 Å². The summed E-state index contributed by atoms with van der Waals surface area (Å²) in [6, 6.07) is 11.6. The van der Waals surface area contributed by atoms with Gasteiger partial charge in [0.25, 0.3) is 0 Å². The van der Waals surface area contributed by atoms with Crippen LogP contribution in [0.4, 0.5) is 11.6 Å². The number of carbonyl (C=O) groups is 1. The second kappa shape index (κ2) is 9.54. The molecule has 1 aromatic heterocycles. The summed E-state index contributed by atoms with van der Waals surface area (Å²) < 4.78 is 0. The number of anilines is 2. The average molecular weight is 422 g/mol. The zero-order valence-electron chi connectivity index (χ0n) is 19.4. The molecule has 2 aromatic carbocycles. The quantitative estimate of drug-likeness (QED) is 0.410. The van der Waals surface area contributed by atoms with E-state index in [0.29, 0.717) is 28.4 Å². The SMILES string of the molecule is CC1(C)CCCCC1.Cc1cc2[nH]c(Nc3ccc(C(C)C)cc3)nc2cc1C(=O)O. The van der Waals surface area contributed by atoms with Crippen LogP contribution in [0.3, 0.4) is 0 Å². The average Bonchev–Trinajstić information content (AvgIpc) is 3.08. The van der Waals surface area contributed by atoms with E-state index < -0.39 is 5.97 Å². The molecule has 1 aliphatic rings. The van der Waals surface area contributed by atoms with Gasteiger partial charge < -0.3 is 15.4 Å². The van der Waals surface area contributed by atoms with Gasteiger partial charge in [-0.25, -0.2) is 9.78 Å². The summed E-state index contributed by atoms with van der Waals surface area (Å²) in [7, 11) is 0. The highest BCUT2D eigenvalue weighted by Gasteiger charge is 2.20. The summed E-state index contributed by atoms with van der Waals surface area (Å²) in [5.41, 5.74) is 5.32. The van der Waals surface area contributed by atoms with Crippen LogP contribution in [0, 0.1) is 12.3 Å². The molecule has 0 atom stereocenters. The molecule has 0 unspecified atom stereocenters. The van der Waals surface area contributed by atoms with Crippen molar-refractivity contribution in [1.82, 2.24) is 9.97 Å². The van der Waals surface area contributed by atoms with Crippen LogP contribution in [0.15, 0.2) is 36.4 Å². The summed E-state index contributed by atoms with van der Waals surface area (Å²) in [5.74, 6) is 0.151. The topological polar surface area (TPSA) is 78.0 Å². The van der Waals surface area contributed by atoms with E-state index in [4.69, 9.17) is 0 Å². The molecule has 31 heavy (non-hydrogen) atoms. The lowest BCUT2D eigenvalue weighted by atomic mass is 9.78. The summed E-state index contributed by atoms with van der Waals surface area (Å²) in [6.07, 6.45) is 7.31. The van der Waals surface area contributed by atoms with E-state index in [-0.39, 0.29) is 5.56 Å². The number of aryl methyl sites for hydroxylation is 1. The van der Waals surface area contributed by atoms with E-state index in [1.54, 1.807) is 19.1 Å². The van der Waals surface area contributed by atoms with Crippen molar-refractivity contribution in [1.29, 1.82) is 0 Å². The molecular weight excluding hydrogens is 386 g/mol. The predicted molar refractivity (Wildman–Crippen MR) is 128 cm³/mol. The van der Waals surface area contributed by atoms with Gasteiger partial charge in [0.15, 0.2) is 0 Å². The zero-order valence-corrected chi connectivity index (χ0v) is 19.4. The van der Waals surface area contributed by atoms with Crippen molar-refractivity contribution >= 4 is 28.6 Å². The Bertz CT molecular complexity index is 1020. The van der Waals surface area contributed by atoms with Crippen LogP contribution >= 0.6 is 0 Å². The van der Waals surface area contributed by atoms with E-state index in [0.717, 1.165) is 11.2 Å². The van der Waals surface area contributed by atoms with Gasteiger partial charge in [-0.3, -0.25) is 0 Å². The number of aromatic carboxylic acids is 1. The Kier molecular flexibility index (Phi) is 7.04. The summed E-state index contributed by atoms with van der Waals surface area (Å²) in [4.78, 5) is 18.8. The lowest BCUT2D eigenvalue weighted by Crippen LogP contribution is -2.14. The zero-order chi connectivity index (χ0) is 22.6. The molecular formula is C26H35N3O2. The van der Waals surface area contributed by atoms with Gasteiger partial charge in [-0.2, -0.15) is 0 Å². The van der Waals surface area contributed by atoms with Gasteiger partial charge in [0.1, 0.15) is 0 Å². The Balaban J connectivity index is 0.000000287. The van der Waals surface area contributed by atoms with Crippen molar-refractivity contribution in [3.05, 3.63) is 53.1 Å². The van der Waals surface area contributed by atoms with Crippen molar-refractivity contribution in [3.8, 4) is 0 Å². The number of aromatic nitrogens is 2. The number of fused-ring (bicyclic) bond motifs is 1. The highest BCUT2D eigenvalue weighted by Crippen LogP contribution is 2.34. The van der Waals surface area contributed by atoms with Crippen LogP contribution in [0.1, 0.15) is 87.2 Å². The number of nitrogens with zero attached hydrogens (tertiary/aromatic N) is 1. The molecule has 3 N–H and O–H groups in total. The molecule has 0 radical (unpaired) electrons. The van der Waals surface area contributed by atoms with Gasteiger partial charge in [-0.1, -0.05) is 59.1 Å². The van der Waals surface area contributed by atoms with Crippen molar-refractivity contribution in [2.75, 3.05) is 5.32 Å². The number of imidazole rings is 1. The third-order valence-electron chi connectivity index (χ3n) is 6.11. The Morgan fingerprint density at radius 1 is 1.10 bits per heavy atom. The number of H-pyrrole nitrogens is 1. The number of nitrogens with one attached hydrogen (secondary N) is 2. The van der Waals surface area contributed by atoms with Crippen LogP contribution in [0.25, 0.3) is 11.0 Å². The Hall–Kier alpha value is -2.82. The summed E-state index contributed by atoms with van der Waals surface area (Å²) in [6.45, 7) is 10.9. The van der Waals surface area contributed by atoms with E-state index in [2.05, 4.69) is 55.1 Å². The number of aromatic amines is 1. The molecule has 3 aromatic rings. The van der Waals surface area contributed by atoms with E-state index >= 15 is 0 Å². The monoisotopic (exact) mass is 421 g/mol. The van der Waals surface area contributed by atoms with Crippen LogP contribution in [-0.2, 0) is 0 Å². The number of carboxylic acids is 1. The first-order chi connectivity index (χ1) is 14.6. The van der Waals surface area contributed by atoms with Crippen molar-refractivity contribution in [3.63, 3.8) is 0 Å². The van der Waals surface area contributed by atoms with E-state index in [1.165, 1.54) is 37.7 Å². The second-order valence-electron chi connectivity index (χ2n) is 9.70. The van der Waals surface area contributed by atoms with Crippen LogP contribution in [0.2, 0.25) is 0 Å². The molecule has 0 spiro atoms. The Labute approximate surface area is 185 Å². The largest absolute Gasteiger partial charge is 0.478 e. The first-order valence-corrected chi connectivity index (χ1v) is 11.3. The molecule has 1 fully saturated rings. The highest BCUT2D eigenvalue weighted by atomic mass is 16.4. The number of rotatable bonds is 4. The minimum absolute atomic E-state index is 0.275. The molecule has 5 nitrogen and oxygen atoms in total. The predicted octanol–water partition coefficient (Wildman–Crippen LogP) is 7.41. The molecule has 4 rings (SSSR count). The fourth-order valence-electron chi connectivity index (χ4n) is 4.05. The van der Waals surface area contributed by atoms with Gasteiger partial charge >= 0.3 is 5.97 Å². The lowest BCUT2D eigenvalue weighted by Gasteiger charge is -2.28. The molecule has 1 saturated carbocycles. The van der Waals surface area contributed by atoms with Gasteiger partial charge in [-0.15, -0.1) is 0 Å². The van der Waals surface area contributed by atoms with Crippen LogP contribution in [-0.4, -0.2) is 21.0 Å². The second-order valence-corrected chi connectivity index (χ2v) is 9.70. The molecule has 5 heteroatoms. The molecule has 0 amide bonds. The van der Waals surface area contributed by atoms with Gasteiger partial charge in [0.05, 0.1) is 16.6 Å². The minimum Gasteiger partial charge on any atom is -0.478 e. The molecule has 1 heterocycles. The van der Waals surface area contributed by atoms with Crippen molar-refractivity contribution in [2.24, 2.45) is 5.41 Å². The highest BCUT2D eigenvalue weighted by molar-refractivity contribution is 5.94. The maximum Gasteiger partial charge on any atom is 0.336 e. The van der Waals surface area contributed by atoms with E-state index in [9.17, 15) is 9.90 Å². The van der Waals surface area contributed by atoms with Gasteiger partial charge in [0.2, 0.25) is 5.95 Å². The molecule has 166 valence electrons. The first-order valence-electron chi connectivity index (χ1n) is 11.3. The standard InChI is InChI=1S/C18H19N3O2.C8H16/c1-10(2)12-4-6-13(7-5-12)19-18-20-15-8-11(3)14(17(22)23)9-16(15)21-18;1-8(2)6-4-3-5-7-8/h4-10H,1-3H3,(H,22,23)(H2,19,20,21);3-7H2,1-2H3. The van der Waals surface area contributed by atoms with Crippen LogP contribution in [0.5, 0.6) is 0 Å². The summed E-state index contributed by atoms with van der Waals surface area (Å²) >= 11 is 0. The lowest BCUT2D eigenvalue weighted by molar-refractivity contribution is 0.0696. The molecule has 1 aliphatic carbocycles. The van der Waals surface area contributed by atoms with E-state index in [1.807, 2.05) is 12.1 Å². The summed E-state index contributed by atoms with van der Waals surface area (Å²) in [5, 5.41) is 12.4. The normalized spacial score (nSPS) is 15.4. The molecule has 0 bridgehead atoms.